The maximum Gasteiger partial charge on any atom is 0.246 e. The smallest absolute Gasteiger partial charge is 0.246 e. The number of aliphatic imine (C=N–C) groups is 1. The van der Waals surface area contributed by atoms with Crippen LogP contribution in [0.25, 0.3) is 0 Å². The van der Waals surface area contributed by atoms with Crippen LogP contribution in [0.2, 0.25) is 5.02 Å². The monoisotopic (exact) mass is 370 g/mol. The van der Waals surface area contributed by atoms with Crippen molar-refractivity contribution in [2.24, 2.45) is 4.99 Å². The minimum Gasteiger partial charge on any atom is -0.357 e. The summed E-state index contributed by atoms with van der Waals surface area (Å²) in [5.41, 5.74) is 3.18. The molecule has 1 aliphatic heterocycles. The van der Waals surface area contributed by atoms with Gasteiger partial charge in [-0.05, 0) is 36.6 Å². The molecule has 0 atom stereocenters. The molecule has 3 rings (SSSR count). The average molecular weight is 371 g/mol. The van der Waals surface area contributed by atoms with Gasteiger partial charge in [-0.25, -0.2) is 4.99 Å². The van der Waals surface area contributed by atoms with E-state index in [2.05, 4.69) is 21.7 Å². The highest BCUT2D eigenvalue weighted by molar-refractivity contribution is 6.31. The highest BCUT2D eigenvalue weighted by Crippen LogP contribution is 2.27. The van der Waals surface area contributed by atoms with Crippen molar-refractivity contribution in [2.45, 2.75) is 19.9 Å². The minimum atomic E-state index is 0.0401. The van der Waals surface area contributed by atoms with Gasteiger partial charge in [-0.3, -0.25) is 4.79 Å². The summed E-state index contributed by atoms with van der Waals surface area (Å²) in [7, 11) is 0. The molecule has 1 heterocycles. The Morgan fingerprint density at radius 2 is 1.92 bits per heavy atom. The molecular formula is C20H23ClN4O. The number of para-hydroxylation sites is 1. The first kappa shape index (κ1) is 18.3. The fourth-order valence-corrected chi connectivity index (χ4v) is 3.18. The van der Waals surface area contributed by atoms with Gasteiger partial charge in [-0.15, -0.1) is 0 Å². The molecule has 0 bridgehead atoms. The Bertz CT molecular complexity index is 806. The number of guanidine groups is 1. The maximum atomic E-state index is 12.6. The van der Waals surface area contributed by atoms with E-state index in [9.17, 15) is 4.79 Å². The van der Waals surface area contributed by atoms with E-state index in [-0.39, 0.29) is 12.5 Å². The molecule has 2 aromatic rings. The topological polar surface area (TPSA) is 56.7 Å². The van der Waals surface area contributed by atoms with Gasteiger partial charge in [0.1, 0.15) is 0 Å². The third kappa shape index (κ3) is 4.35. The summed E-state index contributed by atoms with van der Waals surface area (Å²) in [6, 6.07) is 15.7. The molecule has 0 unspecified atom stereocenters. The van der Waals surface area contributed by atoms with Crippen LogP contribution >= 0.6 is 11.6 Å². The molecule has 26 heavy (non-hydrogen) atoms. The van der Waals surface area contributed by atoms with Gasteiger partial charge in [-0.2, -0.15) is 0 Å². The third-order valence-corrected chi connectivity index (χ3v) is 4.67. The van der Waals surface area contributed by atoms with E-state index in [1.807, 2.05) is 54.3 Å². The lowest BCUT2D eigenvalue weighted by Gasteiger charge is -2.18. The number of carbonyl (C=O) groups excluding carboxylic acids is 1. The molecule has 0 fully saturated rings. The van der Waals surface area contributed by atoms with Crippen molar-refractivity contribution in [3.05, 3.63) is 64.7 Å². The van der Waals surface area contributed by atoms with Crippen molar-refractivity contribution >= 4 is 29.2 Å². The van der Waals surface area contributed by atoms with Gasteiger partial charge in [0.2, 0.25) is 5.91 Å². The normalized spacial score (nSPS) is 13.5. The number of fused-ring (bicyclic) bond motifs is 1. The minimum absolute atomic E-state index is 0.0401. The number of anilines is 1. The Hall–Kier alpha value is -2.53. The number of nitrogens with zero attached hydrogens (tertiary/aromatic N) is 2. The predicted molar refractivity (Wildman–Crippen MR) is 107 cm³/mol. The molecule has 0 radical (unpaired) electrons. The first-order valence-corrected chi connectivity index (χ1v) is 9.20. The van der Waals surface area contributed by atoms with Gasteiger partial charge in [0.15, 0.2) is 5.96 Å². The van der Waals surface area contributed by atoms with E-state index in [0.29, 0.717) is 17.5 Å². The second-order valence-electron chi connectivity index (χ2n) is 6.06. The Labute approximate surface area is 159 Å². The zero-order valence-electron chi connectivity index (χ0n) is 14.8. The number of amides is 1. The molecule has 0 aromatic heterocycles. The molecule has 2 N–H and O–H groups in total. The Balaban J connectivity index is 1.61. The van der Waals surface area contributed by atoms with Crippen LogP contribution in [0.4, 0.5) is 5.69 Å². The summed E-state index contributed by atoms with van der Waals surface area (Å²) in [5.74, 6) is 0.645. The third-order valence-electron chi connectivity index (χ3n) is 4.30. The summed E-state index contributed by atoms with van der Waals surface area (Å²) < 4.78 is 0. The number of rotatable bonds is 5. The standard InChI is InChI=1S/C20H23ClN4O/c1-2-22-20(23-13-16-8-3-5-9-17(16)21)24-14-19(26)25-12-11-15-7-4-6-10-18(15)25/h3-10H,2,11-14H2,1H3,(H2,22,23,24). The highest BCUT2D eigenvalue weighted by Gasteiger charge is 2.23. The van der Waals surface area contributed by atoms with Crippen LogP contribution in [0.5, 0.6) is 0 Å². The van der Waals surface area contributed by atoms with Gasteiger partial charge in [0.25, 0.3) is 0 Å². The number of benzene rings is 2. The van der Waals surface area contributed by atoms with Crippen molar-refractivity contribution in [2.75, 3.05) is 24.5 Å². The first-order chi connectivity index (χ1) is 12.7. The van der Waals surface area contributed by atoms with E-state index in [4.69, 9.17) is 11.6 Å². The van der Waals surface area contributed by atoms with Gasteiger partial charge in [0.05, 0.1) is 13.1 Å². The molecular weight excluding hydrogens is 348 g/mol. The summed E-state index contributed by atoms with van der Waals surface area (Å²) in [5, 5.41) is 6.98. The lowest BCUT2D eigenvalue weighted by atomic mass is 10.2. The van der Waals surface area contributed by atoms with Crippen molar-refractivity contribution in [1.82, 2.24) is 10.6 Å². The van der Waals surface area contributed by atoms with Crippen molar-refractivity contribution < 1.29 is 4.79 Å². The van der Waals surface area contributed by atoms with E-state index in [1.54, 1.807) is 0 Å². The van der Waals surface area contributed by atoms with Crippen LogP contribution in [0, 0.1) is 0 Å². The van der Waals surface area contributed by atoms with E-state index in [0.717, 1.165) is 30.8 Å². The molecule has 6 heteroatoms. The van der Waals surface area contributed by atoms with Crippen LogP contribution in [-0.2, 0) is 17.8 Å². The number of carbonyl (C=O) groups is 1. The molecule has 0 aliphatic carbocycles. The fraction of sp³-hybridized carbons (Fsp3) is 0.300. The van der Waals surface area contributed by atoms with E-state index >= 15 is 0 Å². The quantitative estimate of drug-likeness (QED) is 0.628. The lowest BCUT2D eigenvalue weighted by molar-refractivity contribution is -0.117. The largest absolute Gasteiger partial charge is 0.357 e. The molecule has 1 aliphatic rings. The lowest BCUT2D eigenvalue weighted by Crippen LogP contribution is -2.44. The van der Waals surface area contributed by atoms with E-state index in [1.165, 1.54) is 5.56 Å². The number of nitrogens with one attached hydrogen (secondary N) is 2. The van der Waals surface area contributed by atoms with Crippen LogP contribution < -0.4 is 15.5 Å². The van der Waals surface area contributed by atoms with Gasteiger partial charge >= 0.3 is 0 Å². The van der Waals surface area contributed by atoms with Crippen LogP contribution in [0.1, 0.15) is 18.1 Å². The SMILES string of the molecule is CCNC(=NCc1ccccc1Cl)NCC(=O)N1CCc2ccccc21. The Morgan fingerprint density at radius 3 is 2.73 bits per heavy atom. The second-order valence-corrected chi connectivity index (χ2v) is 6.47. The zero-order valence-corrected chi connectivity index (χ0v) is 15.6. The highest BCUT2D eigenvalue weighted by atomic mass is 35.5. The van der Waals surface area contributed by atoms with Crippen molar-refractivity contribution in [3.63, 3.8) is 0 Å². The van der Waals surface area contributed by atoms with Gasteiger partial charge in [0, 0.05) is 23.8 Å². The molecule has 1 amide bonds. The average Bonchev–Trinajstić information content (AvgIpc) is 3.09. The van der Waals surface area contributed by atoms with Crippen LogP contribution in [0.3, 0.4) is 0 Å². The molecule has 0 saturated heterocycles. The molecule has 2 aromatic carbocycles. The van der Waals surface area contributed by atoms with Crippen molar-refractivity contribution in [1.29, 1.82) is 0 Å². The molecule has 0 spiro atoms. The summed E-state index contributed by atoms with van der Waals surface area (Å²) >= 11 is 6.18. The number of hydrogen-bond acceptors (Lipinski definition) is 2. The maximum absolute atomic E-state index is 12.6. The molecule has 136 valence electrons. The zero-order chi connectivity index (χ0) is 18.4. The molecule has 5 nitrogen and oxygen atoms in total. The van der Waals surface area contributed by atoms with Crippen LogP contribution in [-0.4, -0.2) is 31.5 Å². The van der Waals surface area contributed by atoms with Crippen LogP contribution in [0.15, 0.2) is 53.5 Å². The fourth-order valence-electron chi connectivity index (χ4n) is 2.98. The Morgan fingerprint density at radius 1 is 1.15 bits per heavy atom. The summed E-state index contributed by atoms with van der Waals surface area (Å²) in [6.07, 6.45) is 0.905. The predicted octanol–water partition coefficient (Wildman–Crippen LogP) is 2.98. The summed E-state index contributed by atoms with van der Waals surface area (Å²) in [4.78, 5) is 19.0. The number of hydrogen-bond donors (Lipinski definition) is 2. The molecule has 0 saturated carbocycles. The Kier molecular flexibility index (Phi) is 6.12. The second kappa shape index (κ2) is 8.72. The van der Waals surface area contributed by atoms with Gasteiger partial charge < -0.3 is 15.5 Å². The van der Waals surface area contributed by atoms with Crippen molar-refractivity contribution in [3.8, 4) is 0 Å². The summed E-state index contributed by atoms with van der Waals surface area (Å²) in [6.45, 7) is 4.09. The van der Waals surface area contributed by atoms with Gasteiger partial charge in [-0.1, -0.05) is 48.0 Å². The first-order valence-electron chi connectivity index (χ1n) is 8.83. The number of halogens is 1. The van der Waals surface area contributed by atoms with E-state index < -0.39 is 0 Å².